The Kier molecular flexibility index (Phi) is 6.87. The number of amides is 1. The Morgan fingerprint density at radius 3 is 2.46 bits per heavy atom. The van der Waals surface area contributed by atoms with Crippen LogP contribution in [0.3, 0.4) is 0 Å². The zero-order chi connectivity index (χ0) is 26.8. The maximum Gasteiger partial charge on any atom is 0.235 e. The number of benzene rings is 3. The van der Waals surface area contributed by atoms with Crippen LogP contribution >= 0.6 is 0 Å². The average Bonchev–Trinajstić information content (AvgIpc) is 3.79. The van der Waals surface area contributed by atoms with Gasteiger partial charge in [-0.3, -0.25) is 4.79 Å². The minimum absolute atomic E-state index is 0.0731. The first kappa shape index (κ1) is 25.2. The molecule has 1 amide bonds. The van der Waals surface area contributed by atoms with Crippen LogP contribution < -0.4 is 20.1 Å². The SMILES string of the molecule is COc1cc2c(-c3ccc(NC(=O)C4(c5ccc(F)cc5)CC4)cc3)ncnc2cc1OCC1CCNCC1. The smallest absolute Gasteiger partial charge is 0.235 e. The standard InChI is InChI=1S/C31H31FN4O3/c1-38-27-16-25-26(17-28(27)39-18-20-10-14-33-15-11-20)34-19-35-29(25)21-2-8-24(9-3-21)36-30(37)31(12-13-31)22-4-6-23(32)7-5-22/h2-9,16-17,19-20,33H,10-15,18H2,1H3,(H,36,37). The quantitative estimate of drug-likeness (QED) is 0.316. The lowest BCUT2D eigenvalue weighted by atomic mass is 9.95. The first-order valence-electron chi connectivity index (χ1n) is 13.4. The third-order valence-electron chi connectivity index (χ3n) is 7.85. The van der Waals surface area contributed by atoms with Crippen LogP contribution in [0.15, 0.2) is 67.0 Å². The molecule has 7 nitrogen and oxygen atoms in total. The van der Waals surface area contributed by atoms with E-state index in [2.05, 4.69) is 20.6 Å². The van der Waals surface area contributed by atoms with Gasteiger partial charge in [0.25, 0.3) is 0 Å². The Balaban J connectivity index is 1.20. The van der Waals surface area contributed by atoms with E-state index in [0.717, 1.165) is 66.5 Å². The molecular formula is C31H31FN4O3. The summed E-state index contributed by atoms with van der Waals surface area (Å²) in [4.78, 5) is 22.2. The van der Waals surface area contributed by atoms with Crippen LogP contribution in [-0.2, 0) is 10.2 Å². The number of nitrogens with one attached hydrogen (secondary N) is 2. The molecule has 0 atom stereocenters. The van der Waals surface area contributed by atoms with Crippen LogP contribution in [-0.4, -0.2) is 42.7 Å². The van der Waals surface area contributed by atoms with E-state index in [9.17, 15) is 9.18 Å². The number of methoxy groups -OCH3 is 1. The van der Waals surface area contributed by atoms with Gasteiger partial charge in [0.15, 0.2) is 11.5 Å². The van der Waals surface area contributed by atoms with Crippen LogP contribution in [0, 0.1) is 11.7 Å². The van der Waals surface area contributed by atoms with Gasteiger partial charge in [0.1, 0.15) is 12.1 Å². The second-order valence-electron chi connectivity index (χ2n) is 10.4. The number of ether oxygens (including phenoxy) is 2. The highest BCUT2D eigenvalue weighted by Crippen LogP contribution is 2.49. The van der Waals surface area contributed by atoms with Gasteiger partial charge in [-0.15, -0.1) is 0 Å². The monoisotopic (exact) mass is 526 g/mol. The lowest BCUT2D eigenvalue weighted by molar-refractivity contribution is -0.118. The summed E-state index contributed by atoms with van der Waals surface area (Å²) < 4.78 is 25.2. The third kappa shape index (κ3) is 5.16. The molecule has 2 N–H and O–H groups in total. The lowest BCUT2D eigenvalue weighted by Crippen LogP contribution is -2.30. The van der Waals surface area contributed by atoms with Crippen LogP contribution in [0.2, 0.25) is 0 Å². The molecule has 2 aliphatic rings. The fourth-order valence-corrected chi connectivity index (χ4v) is 5.33. The molecule has 0 spiro atoms. The fourth-order valence-electron chi connectivity index (χ4n) is 5.33. The van der Waals surface area contributed by atoms with Crippen molar-refractivity contribution in [2.45, 2.75) is 31.1 Å². The lowest BCUT2D eigenvalue weighted by Gasteiger charge is -2.23. The molecule has 6 rings (SSSR count). The summed E-state index contributed by atoms with van der Waals surface area (Å²) in [5.74, 6) is 1.47. The van der Waals surface area contributed by atoms with Crippen molar-refractivity contribution < 1.29 is 18.7 Å². The Morgan fingerprint density at radius 2 is 1.77 bits per heavy atom. The van der Waals surface area contributed by atoms with Crippen LogP contribution in [0.4, 0.5) is 10.1 Å². The van der Waals surface area contributed by atoms with E-state index in [-0.39, 0.29) is 11.7 Å². The molecule has 1 saturated heterocycles. The minimum Gasteiger partial charge on any atom is -0.493 e. The van der Waals surface area contributed by atoms with Gasteiger partial charge in [0.05, 0.1) is 30.3 Å². The third-order valence-corrected chi connectivity index (χ3v) is 7.85. The van der Waals surface area contributed by atoms with Crippen LogP contribution in [0.5, 0.6) is 11.5 Å². The summed E-state index contributed by atoms with van der Waals surface area (Å²) in [5, 5.41) is 7.27. The first-order valence-corrected chi connectivity index (χ1v) is 13.4. The zero-order valence-electron chi connectivity index (χ0n) is 21.9. The number of fused-ring (bicyclic) bond motifs is 1. The molecule has 4 aromatic rings. The molecule has 3 aromatic carbocycles. The topological polar surface area (TPSA) is 85.4 Å². The molecule has 200 valence electrons. The molecule has 8 heteroatoms. The number of piperidine rings is 1. The van der Waals surface area contributed by atoms with Crippen LogP contribution in [0.25, 0.3) is 22.2 Å². The van der Waals surface area contributed by atoms with Crippen molar-refractivity contribution >= 4 is 22.5 Å². The summed E-state index contributed by atoms with van der Waals surface area (Å²) in [6.07, 6.45) is 5.26. The molecule has 2 fully saturated rings. The molecule has 1 aliphatic heterocycles. The van der Waals surface area contributed by atoms with E-state index < -0.39 is 5.41 Å². The number of carbonyl (C=O) groups is 1. The van der Waals surface area contributed by atoms with Crippen molar-refractivity contribution in [1.29, 1.82) is 0 Å². The Hall–Kier alpha value is -4.04. The number of halogens is 1. The predicted octanol–water partition coefficient (Wildman–Crippen LogP) is 5.49. The van der Waals surface area contributed by atoms with Gasteiger partial charge in [0, 0.05) is 22.7 Å². The van der Waals surface area contributed by atoms with E-state index in [4.69, 9.17) is 9.47 Å². The summed E-state index contributed by atoms with van der Waals surface area (Å²) in [6, 6.07) is 17.7. The van der Waals surface area contributed by atoms with Gasteiger partial charge in [-0.1, -0.05) is 24.3 Å². The Labute approximate surface area is 226 Å². The number of anilines is 1. The molecule has 1 saturated carbocycles. The largest absolute Gasteiger partial charge is 0.493 e. The van der Waals surface area contributed by atoms with Gasteiger partial charge in [-0.05, 0) is 80.6 Å². The van der Waals surface area contributed by atoms with Gasteiger partial charge < -0.3 is 20.1 Å². The van der Waals surface area contributed by atoms with Crippen molar-refractivity contribution in [3.8, 4) is 22.8 Å². The van der Waals surface area contributed by atoms with Gasteiger partial charge >= 0.3 is 0 Å². The zero-order valence-corrected chi connectivity index (χ0v) is 21.9. The van der Waals surface area contributed by atoms with Gasteiger partial charge in [-0.2, -0.15) is 0 Å². The molecule has 0 unspecified atom stereocenters. The van der Waals surface area contributed by atoms with Crippen molar-refractivity contribution in [2.24, 2.45) is 5.92 Å². The maximum atomic E-state index is 13.4. The highest BCUT2D eigenvalue weighted by molar-refractivity contribution is 6.01. The van der Waals surface area contributed by atoms with E-state index in [0.29, 0.717) is 29.7 Å². The minimum atomic E-state index is -0.584. The number of nitrogens with zero attached hydrogens (tertiary/aromatic N) is 2. The summed E-state index contributed by atoms with van der Waals surface area (Å²) in [6.45, 7) is 2.70. The number of hydrogen-bond donors (Lipinski definition) is 2. The number of aromatic nitrogens is 2. The van der Waals surface area contributed by atoms with Crippen LogP contribution in [0.1, 0.15) is 31.2 Å². The van der Waals surface area contributed by atoms with Gasteiger partial charge in [-0.25, -0.2) is 14.4 Å². The Bertz CT molecular complexity index is 1480. The average molecular weight is 527 g/mol. The van der Waals surface area contributed by atoms with E-state index in [1.165, 1.54) is 12.1 Å². The van der Waals surface area contributed by atoms with Crippen molar-refractivity contribution in [3.63, 3.8) is 0 Å². The Morgan fingerprint density at radius 1 is 1.03 bits per heavy atom. The van der Waals surface area contributed by atoms with Gasteiger partial charge in [0.2, 0.25) is 5.91 Å². The summed E-state index contributed by atoms with van der Waals surface area (Å²) >= 11 is 0. The second-order valence-corrected chi connectivity index (χ2v) is 10.4. The molecule has 2 heterocycles. The predicted molar refractivity (Wildman–Crippen MR) is 149 cm³/mol. The van der Waals surface area contributed by atoms with E-state index in [1.54, 1.807) is 25.6 Å². The summed E-state index contributed by atoms with van der Waals surface area (Å²) in [5.41, 5.74) is 3.39. The molecule has 0 radical (unpaired) electrons. The highest BCUT2D eigenvalue weighted by Gasteiger charge is 2.51. The number of hydrogen-bond acceptors (Lipinski definition) is 6. The van der Waals surface area contributed by atoms with E-state index >= 15 is 0 Å². The summed E-state index contributed by atoms with van der Waals surface area (Å²) in [7, 11) is 1.64. The first-order chi connectivity index (χ1) is 19.1. The second kappa shape index (κ2) is 10.6. The molecule has 39 heavy (non-hydrogen) atoms. The number of carbonyl (C=O) groups excluding carboxylic acids is 1. The molecular weight excluding hydrogens is 495 g/mol. The maximum absolute atomic E-state index is 13.4. The van der Waals surface area contributed by atoms with Crippen molar-refractivity contribution in [3.05, 3.63) is 78.4 Å². The van der Waals surface area contributed by atoms with E-state index in [1.807, 2.05) is 36.4 Å². The van der Waals surface area contributed by atoms with Crippen molar-refractivity contribution in [1.82, 2.24) is 15.3 Å². The fraction of sp³-hybridized carbons (Fsp3) is 0.323. The van der Waals surface area contributed by atoms with Crippen molar-refractivity contribution in [2.75, 3.05) is 32.1 Å². The molecule has 0 bridgehead atoms. The number of rotatable bonds is 8. The molecule has 1 aliphatic carbocycles. The normalized spacial score (nSPS) is 16.6. The molecule has 1 aromatic heterocycles. The highest BCUT2D eigenvalue weighted by atomic mass is 19.1.